The van der Waals surface area contributed by atoms with Crippen LogP contribution in [0.1, 0.15) is 20.1 Å². The van der Waals surface area contributed by atoms with Crippen LogP contribution in [0.15, 0.2) is 15.8 Å². The third kappa shape index (κ3) is 3.47. The smallest absolute Gasteiger partial charge is 0.330 e. The molecule has 1 aromatic rings. The molecule has 0 aromatic carbocycles. The van der Waals surface area contributed by atoms with Crippen LogP contribution in [0.3, 0.4) is 0 Å². The van der Waals surface area contributed by atoms with Crippen LogP contribution in [0.4, 0.5) is 17.6 Å². The van der Waals surface area contributed by atoms with E-state index in [9.17, 15) is 18.4 Å². The van der Waals surface area contributed by atoms with Crippen LogP contribution in [-0.4, -0.2) is 46.3 Å². The number of hydrogen-bond donors (Lipinski definition) is 1. The zero-order valence-corrected chi connectivity index (χ0v) is 16.7. The first-order valence-corrected chi connectivity index (χ1v) is 10.7. The number of aromatic nitrogens is 2. The summed E-state index contributed by atoms with van der Waals surface area (Å²) in [6.45, 7) is -1.76. The third-order valence-corrected chi connectivity index (χ3v) is 6.72. The van der Waals surface area contributed by atoms with Gasteiger partial charge in [0.2, 0.25) is 6.23 Å². The van der Waals surface area contributed by atoms with E-state index in [0.29, 0.717) is 6.20 Å². The van der Waals surface area contributed by atoms with Gasteiger partial charge in [-0.3, -0.25) is 18.9 Å². The second kappa shape index (κ2) is 7.15. The van der Waals surface area contributed by atoms with E-state index in [0.717, 1.165) is 0 Å². The Bertz CT molecular complexity index is 942. The molecule has 2 aliphatic rings. The zero-order valence-electron chi connectivity index (χ0n) is 14.2. The van der Waals surface area contributed by atoms with Crippen LogP contribution in [0.2, 0.25) is 5.02 Å². The molecule has 158 valence electrons. The molecule has 0 radical (unpaired) electrons. The van der Waals surface area contributed by atoms with Gasteiger partial charge in [-0.05, 0) is 25.7 Å². The van der Waals surface area contributed by atoms with E-state index in [1.54, 1.807) is 4.98 Å². The van der Waals surface area contributed by atoms with Crippen molar-refractivity contribution in [2.24, 2.45) is 0 Å². The highest BCUT2D eigenvalue weighted by Crippen LogP contribution is 2.64. The molecule has 3 heterocycles. The molecule has 4 atom stereocenters. The highest BCUT2D eigenvalue weighted by molar-refractivity contribution is 8.07. The van der Waals surface area contributed by atoms with E-state index in [-0.39, 0.29) is 4.57 Å². The van der Waals surface area contributed by atoms with E-state index in [2.05, 4.69) is 0 Å². The van der Waals surface area contributed by atoms with E-state index in [4.69, 9.17) is 41.7 Å². The van der Waals surface area contributed by atoms with Gasteiger partial charge in [0.05, 0.1) is 12.7 Å². The van der Waals surface area contributed by atoms with Crippen molar-refractivity contribution in [1.82, 2.24) is 9.55 Å². The predicted octanol–water partition coefficient (Wildman–Crippen LogP) is 2.42. The topological polar surface area (TPSA) is 91.8 Å². The Balaban J connectivity index is 2.09. The first kappa shape index (κ1) is 21.9. The number of halogens is 5. The van der Waals surface area contributed by atoms with E-state index in [1.165, 1.54) is 13.8 Å². The molecule has 0 aliphatic carbocycles. The van der Waals surface area contributed by atoms with E-state index >= 15 is 8.78 Å². The fourth-order valence-corrected chi connectivity index (χ4v) is 5.54. The summed E-state index contributed by atoms with van der Waals surface area (Å²) < 4.78 is 78.3. The van der Waals surface area contributed by atoms with Crippen molar-refractivity contribution in [3.8, 4) is 0 Å². The minimum atomic E-state index is -4.17. The monoisotopic (exact) mass is 468 g/mol. The Morgan fingerprint density at radius 2 is 2.07 bits per heavy atom. The Hall–Kier alpha value is -0.820. The van der Waals surface area contributed by atoms with Crippen molar-refractivity contribution in [2.45, 2.75) is 50.2 Å². The molecule has 15 heteroatoms. The van der Waals surface area contributed by atoms with Crippen molar-refractivity contribution < 1.29 is 35.9 Å². The van der Waals surface area contributed by atoms with Gasteiger partial charge in [-0.1, -0.05) is 11.6 Å². The fourth-order valence-electron chi connectivity index (χ4n) is 2.83. The van der Waals surface area contributed by atoms with Crippen LogP contribution in [0.25, 0.3) is 0 Å². The van der Waals surface area contributed by atoms with Gasteiger partial charge in [-0.25, -0.2) is 13.6 Å². The Morgan fingerprint density at radius 3 is 2.64 bits per heavy atom. The molecule has 1 aromatic heterocycles. The van der Waals surface area contributed by atoms with Crippen molar-refractivity contribution in [2.75, 3.05) is 6.61 Å². The van der Waals surface area contributed by atoms with E-state index < -0.39 is 66.0 Å². The molecule has 0 bridgehead atoms. The van der Waals surface area contributed by atoms with Gasteiger partial charge in [-0.2, -0.15) is 8.78 Å². The summed E-state index contributed by atoms with van der Waals surface area (Å²) in [6, 6.07) is 0. The average Bonchev–Trinajstić information content (AvgIpc) is 2.79. The number of rotatable bonds is 4. The van der Waals surface area contributed by atoms with Gasteiger partial charge in [0.1, 0.15) is 5.02 Å². The summed E-state index contributed by atoms with van der Waals surface area (Å²) in [7, 11) is 0. The van der Waals surface area contributed by atoms with Gasteiger partial charge >= 0.3 is 18.3 Å². The molecule has 0 saturated carbocycles. The number of nitrogens with zero attached hydrogens (tertiary/aromatic N) is 1. The average molecular weight is 469 g/mol. The molecule has 3 rings (SSSR count). The van der Waals surface area contributed by atoms with Crippen molar-refractivity contribution in [3.63, 3.8) is 0 Å². The fraction of sp³-hybridized carbons (Fsp3) is 0.692. The molecular formula is C13H14ClF4N2O6PS. The standard InChI is InChI=1S/C13H14ClF4N2O6PS/c1-5(2)25-27(28)23-4-12(9(15)16)8(26-27)13(17,18)10(24-12)20-3-6(14)7(21)19-11(20)22/h3,5,8-10H,4H2,1-2H3,(H,19,21,22)/t8-,10-,12-,27?/m1/s1. The Kier molecular flexibility index (Phi) is 5.59. The van der Waals surface area contributed by atoms with Crippen LogP contribution in [-0.2, 0) is 30.1 Å². The van der Waals surface area contributed by atoms with Gasteiger partial charge in [-0.15, -0.1) is 0 Å². The largest absolute Gasteiger partial charge is 0.333 e. The highest BCUT2D eigenvalue weighted by atomic mass is 35.5. The summed E-state index contributed by atoms with van der Waals surface area (Å²) in [6.07, 6.45) is -8.62. The van der Waals surface area contributed by atoms with E-state index in [1.807, 2.05) is 0 Å². The van der Waals surface area contributed by atoms with Crippen LogP contribution in [0, 0.1) is 0 Å². The maximum absolute atomic E-state index is 15.1. The highest BCUT2D eigenvalue weighted by Gasteiger charge is 2.75. The lowest BCUT2D eigenvalue weighted by molar-refractivity contribution is -0.205. The molecule has 28 heavy (non-hydrogen) atoms. The van der Waals surface area contributed by atoms with Crippen LogP contribution < -0.4 is 11.2 Å². The van der Waals surface area contributed by atoms with Crippen LogP contribution in [0.5, 0.6) is 0 Å². The number of nitrogens with one attached hydrogen (secondary N) is 1. The minimum Gasteiger partial charge on any atom is -0.333 e. The van der Waals surface area contributed by atoms with Gasteiger partial charge in [0.15, 0.2) is 11.7 Å². The third-order valence-electron chi connectivity index (χ3n) is 4.02. The van der Waals surface area contributed by atoms with Gasteiger partial charge in [0.25, 0.3) is 12.0 Å². The van der Waals surface area contributed by atoms with Gasteiger partial charge < -0.3 is 13.8 Å². The molecule has 0 spiro atoms. The van der Waals surface area contributed by atoms with Crippen molar-refractivity contribution in [3.05, 3.63) is 32.1 Å². The van der Waals surface area contributed by atoms with Crippen molar-refractivity contribution >= 4 is 30.1 Å². The number of H-pyrrole nitrogens is 1. The number of ether oxygens (including phenoxy) is 1. The number of fused-ring (bicyclic) bond motifs is 1. The maximum atomic E-state index is 15.1. The Morgan fingerprint density at radius 1 is 1.43 bits per heavy atom. The number of hydrogen-bond acceptors (Lipinski definition) is 7. The second-order valence-electron chi connectivity index (χ2n) is 6.40. The normalized spacial score (nSPS) is 34.8. The van der Waals surface area contributed by atoms with Gasteiger partial charge in [0, 0.05) is 6.20 Å². The minimum absolute atomic E-state index is 0.211. The number of alkyl halides is 4. The molecule has 2 saturated heterocycles. The van der Waals surface area contributed by atoms with Crippen LogP contribution >= 0.6 is 18.3 Å². The summed E-state index contributed by atoms with van der Waals surface area (Å²) in [4.78, 5) is 25.0. The second-order valence-corrected chi connectivity index (χ2v) is 9.73. The molecule has 2 fully saturated rings. The Labute approximate surface area is 164 Å². The summed E-state index contributed by atoms with van der Waals surface area (Å²) >= 11 is 10.6. The first-order valence-electron chi connectivity index (χ1n) is 7.78. The summed E-state index contributed by atoms with van der Waals surface area (Å²) in [5.74, 6) is -4.17. The molecule has 0 amide bonds. The first-order chi connectivity index (χ1) is 12.8. The molecule has 1 N–H and O–H groups in total. The zero-order chi connectivity index (χ0) is 21.1. The predicted molar refractivity (Wildman–Crippen MR) is 91.5 cm³/mol. The summed E-state index contributed by atoms with van der Waals surface area (Å²) in [5, 5.41) is -0.620. The number of aromatic amines is 1. The van der Waals surface area contributed by atoms with Crippen molar-refractivity contribution in [1.29, 1.82) is 0 Å². The molecule has 1 unspecified atom stereocenters. The lowest BCUT2D eigenvalue weighted by atomic mass is 9.96. The lowest BCUT2D eigenvalue weighted by Gasteiger charge is -2.41. The maximum Gasteiger partial charge on any atom is 0.330 e. The molecule has 8 nitrogen and oxygen atoms in total. The SMILES string of the molecule is CC(C)OP1(=S)OC[C@@]2(C(F)F)O[C@@H](n3cc(Cl)c(=O)[nH]c3=O)C(F)(F)[C@@H]2O1. The lowest BCUT2D eigenvalue weighted by Crippen LogP contribution is -2.57. The summed E-state index contributed by atoms with van der Waals surface area (Å²) in [5.41, 5.74) is -5.29. The molecule has 2 aliphatic heterocycles. The molecular weight excluding hydrogens is 455 g/mol. The quantitative estimate of drug-likeness (QED) is 0.536.